The molecule has 0 heterocycles. The van der Waals surface area contributed by atoms with Gasteiger partial charge in [-0.2, -0.15) is 0 Å². The summed E-state index contributed by atoms with van der Waals surface area (Å²) < 4.78 is 0. The summed E-state index contributed by atoms with van der Waals surface area (Å²) in [7, 11) is 5.93. The maximum absolute atomic E-state index is 3.25. The van der Waals surface area contributed by atoms with Crippen LogP contribution in [0.25, 0.3) is 0 Å². The van der Waals surface area contributed by atoms with Gasteiger partial charge >= 0.3 is 0 Å². The normalized spacial score (nSPS) is 24.3. The molecule has 1 radical (unpaired) electrons. The summed E-state index contributed by atoms with van der Waals surface area (Å²) in [6.07, 6.45) is 2.36. The Kier molecular flexibility index (Phi) is 2.28. The van der Waals surface area contributed by atoms with Crippen LogP contribution in [0.2, 0.25) is 0 Å². The van der Waals surface area contributed by atoms with Crippen LogP contribution in [-0.4, -0.2) is 26.8 Å². The van der Waals surface area contributed by atoms with Crippen molar-refractivity contribution in [1.82, 2.24) is 16.0 Å². The Morgan fingerprint density at radius 3 is 1.90 bits per heavy atom. The van der Waals surface area contributed by atoms with Gasteiger partial charge in [-0.3, -0.25) is 0 Å². The first-order valence-corrected chi connectivity index (χ1v) is 3.71. The molecule has 0 aliphatic heterocycles. The zero-order chi connectivity index (χ0) is 7.61. The van der Waals surface area contributed by atoms with Gasteiger partial charge in [-0.1, -0.05) is 0 Å². The van der Waals surface area contributed by atoms with Crippen molar-refractivity contribution in [2.75, 3.05) is 21.1 Å². The van der Waals surface area contributed by atoms with Crippen molar-refractivity contribution >= 4 is 0 Å². The number of likely N-dealkylation sites (N-methyl/N-ethyl adjacent to an activating group) is 3. The van der Waals surface area contributed by atoms with Crippen LogP contribution in [0.1, 0.15) is 12.8 Å². The van der Waals surface area contributed by atoms with Crippen molar-refractivity contribution in [3.05, 3.63) is 6.04 Å². The largest absolute Gasteiger partial charge is 0.310 e. The fraction of sp³-hybridized carbons (Fsp3) is 0.857. The van der Waals surface area contributed by atoms with Gasteiger partial charge in [0, 0.05) is 0 Å². The highest BCUT2D eigenvalue weighted by Gasteiger charge is 2.44. The lowest BCUT2D eigenvalue weighted by Gasteiger charge is -2.48. The highest BCUT2D eigenvalue weighted by Crippen LogP contribution is 2.34. The molecule has 1 aliphatic carbocycles. The lowest BCUT2D eigenvalue weighted by molar-refractivity contribution is 0.178. The standard InChI is InChI=1S/C7H16N3/c1-8-6-4-5-7(6,9-2)10-3/h8-10H,4-5H2,1-3H3. The van der Waals surface area contributed by atoms with Crippen molar-refractivity contribution in [2.24, 2.45) is 0 Å². The van der Waals surface area contributed by atoms with Gasteiger partial charge in [0.15, 0.2) is 0 Å². The summed E-state index contributed by atoms with van der Waals surface area (Å²) >= 11 is 0. The molecule has 3 N–H and O–H groups in total. The average molecular weight is 142 g/mol. The van der Waals surface area contributed by atoms with Crippen LogP contribution in [0, 0.1) is 6.04 Å². The predicted molar refractivity (Wildman–Crippen MR) is 42.4 cm³/mol. The summed E-state index contributed by atoms with van der Waals surface area (Å²) in [4.78, 5) is 0. The Balaban J connectivity index is 2.48. The molecule has 0 bridgehead atoms. The first-order chi connectivity index (χ1) is 4.79. The SMILES string of the molecule is CN[C]1CCC1(NC)NC. The number of nitrogens with one attached hydrogen (secondary N) is 3. The highest BCUT2D eigenvalue weighted by atomic mass is 15.2. The van der Waals surface area contributed by atoms with Gasteiger partial charge in [-0.25, -0.2) is 0 Å². The van der Waals surface area contributed by atoms with Crippen LogP contribution in [0.3, 0.4) is 0 Å². The van der Waals surface area contributed by atoms with Crippen molar-refractivity contribution < 1.29 is 0 Å². The van der Waals surface area contributed by atoms with Crippen molar-refractivity contribution in [3.8, 4) is 0 Å². The Labute approximate surface area is 62.6 Å². The molecule has 0 atom stereocenters. The van der Waals surface area contributed by atoms with Gasteiger partial charge in [0.2, 0.25) is 0 Å². The van der Waals surface area contributed by atoms with E-state index in [4.69, 9.17) is 0 Å². The fourth-order valence-electron chi connectivity index (χ4n) is 1.52. The van der Waals surface area contributed by atoms with Crippen LogP contribution in [0.4, 0.5) is 0 Å². The zero-order valence-corrected chi connectivity index (χ0v) is 6.91. The Morgan fingerprint density at radius 2 is 1.80 bits per heavy atom. The second-order valence-electron chi connectivity index (χ2n) is 2.63. The summed E-state index contributed by atoms with van der Waals surface area (Å²) in [5.41, 5.74) is 0.0781. The second kappa shape index (κ2) is 2.86. The van der Waals surface area contributed by atoms with Crippen LogP contribution < -0.4 is 16.0 Å². The van der Waals surface area contributed by atoms with Crippen molar-refractivity contribution in [2.45, 2.75) is 18.5 Å². The molecule has 3 nitrogen and oxygen atoms in total. The predicted octanol–water partition coefficient (Wildman–Crippen LogP) is -0.333. The quantitative estimate of drug-likeness (QED) is 0.472. The fourth-order valence-corrected chi connectivity index (χ4v) is 1.52. The van der Waals surface area contributed by atoms with E-state index in [1.54, 1.807) is 0 Å². The molecule has 1 aliphatic rings. The third kappa shape index (κ3) is 0.944. The van der Waals surface area contributed by atoms with Gasteiger partial charge in [-0.15, -0.1) is 0 Å². The Bertz CT molecular complexity index is 102. The number of hydrogen-bond donors (Lipinski definition) is 3. The minimum atomic E-state index is 0.0781. The van der Waals surface area contributed by atoms with E-state index in [9.17, 15) is 0 Å². The molecule has 0 spiro atoms. The van der Waals surface area contributed by atoms with Crippen molar-refractivity contribution in [3.63, 3.8) is 0 Å². The van der Waals surface area contributed by atoms with Crippen LogP contribution >= 0.6 is 0 Å². The molecule has 0 saturated heterocycles. The van der Waals surface area contributed by atoms with Crippen LogP contribution in [-0.2, 0) is 0 Å². The van der Waals surface area contributed by atoms with E-state index >= 15 is 0 Å². The summed E-state index contributed by atoms with van der Waals surface area (Å²) in [6, 6.07) is 1.36. The van der Waals surface area contributed by atoms with Crippen molar-refractivity contribution in [1.29, 1.82) is 0 Å². The third-order valence-corrected chi connectivity index (χ3v) is 2.42. The van der Waals surface area contributed by atoms with E-state index in [0.717, 1.165) is 0 Å². The number of hydrogen-bond acceptors (Lipinski definition) is 3. The van der Waals surface area contributed by atoms with Gasteiger partial charge in [0.05, 0.1) is 11.7 Å². The molecule has 0 amide bonds. The highest BCUT2D eigenvalue weighted by molar-refractivity contribution is 5.17. The third-order valence-electron chi connectivity index (χ3n) is 2.42. The summed E-state index contributed by atoms with van der Waals surface area (Å²) in [5.74, 6) is 0. The topological polar surface area (TPSA) is 36.1 Å². The smallest absolute Gasteiger partial charge is 0.0889 e. The summed E-state index contributed by atoms with van der Waals surface area (Å²) in [5, 5.41) is 9.70. The molecule has 0 aromatic heterocycles. The van der Waals surface area contributed by atoms with Gasteiger partial charge in [-0.05, 0) is 34.0 Å². The van der Waals surface area contributed by atoms with Crippen LogP contribution in [0.15, 0.2) is 0 Å². The Morgan fingerprint density at radius 1 is 1.20 bits per heavy atom. The molecule has 0 aromatic rings. The number of rotatable bonds is 3. The van der Waals surface area contributed by atoms with E-state index in [-0.39, 0.29) is 5.66 Å². The van der Waals surface area contributed by atoms with E-state index in [1.807, 2.05) is 21.1 Å². The molecule has 59 valence electrons. The van der Waals surface area contributed by atoms with Gasteiger partial charge in [0.25, 0.3) is 0 Å². The lowest BCUT2D eigenvalue weighted by atomic mass is 9.79. The molecule has 1 rings (SSSR count). The first-order valence-electron chi connectivity index (χ1n) is 3.71. The van der Waals surface area contributed by atoms with E-state index < -0.39 is 0 Å². The zero-order valence-electron chi connectivity index (χ0n) is 6.91. The molecular formula is C7H16N3. The minimum Gasteiger partial charge on any atom is -0.310 e. The van der Waals surface area contributed by atoms with E-state index in [1.165, 1.54) is 18.9 Å². The lowest BCUT2D eigenvalue weighted by Crippen LogP contribution is -2.67. The maximum atomic E-state index is 3.25. The summed E-state index contributed by atoms with van der Waals surface area (Å²) in [6.45, 7) is 0. The molecule has 1 fully saturated rings. The van der Waals surface area contributed by atoms with E-state index in [2.05, 4.69) is 16.0 Å². The maximum Gasteiger partial charge on any atom is 0.0889 e. The van der Waals surface area contributed by atoms with Gasteiger partial charge < -0.3 is 16.0 Å². The molecule has 1 saturated carbocycles. The molecule has 0 unspecified atom stereocenters. The molecule has 0 aromatic carbocycles. The first kappa shape index (κ1) is 7.98. The van der Waals surface area contributed by atoms with Gasteiger partial charge in [0.1, 0.15) is 0 Å². The molecule has 3 heteroatoms. The average Bonchev–Trinajstić information content (AvgIpc) is 1.90. The monoisotopic (exact) mass is 142 g/mol. The second-order valence-corrected chi connectivity index (χ2v) is 2.63. The van der Waals surface area contributed by atoms with E-state index in [0.29, 0.717) is 0 Å². The Hall–Kier alpha value is -0.120. The van der Waals surface area contributed by atoms with Crippen LogP contribution in [0.5, 0.6) is 0 Å². The molecular weight excluding hydrogens is 126 g/mol. The molecule has 10 heavy (non-hydrogen) atoms. The minimum absolute atomic E-state index is 0.0781.